The standard InChI is InChI=1S/C18H23NO4S2/c20-13-8-2-1-7-12(13)17(22)19-15-16(21)14(25-18(15)24)9-3-5-11-6-4-10-23-11/h3,5,9,11-13,15,20H,1-2,4,6-8,10H2,(H,19,22)/b5-3+,14-9+. The van der Waals surface area contributed by atoms with Crippen LogP contribution in [-0.2, 0) is 14.3 Å². The van der Waals surface area contributed by atoms with Gasteiger partial charge in [-0.05, 0) is 31.8 Å². The first kappa shape index (κ1) is 18.8. The molecule has 7 heteroatoms. The molecule has 2 N–H and O–H groups in total. The largest absolute Gasteiger partial charge is 0.392 e. The molecule has 25 heavy (non-hydrogen) atoms. The van der Waals surface area contributed by atoms with E-state index in [0.717, 1.165) is 32.3 Å². The van der Waals surface area contributed by atoms with Crippen LogP contribution in [0.2, 0.25) is 0 Å². The molecular formula is C18H23NO4S2. The fraction of sp³-hybridized carbons (Fsp3) is 0.611. The Labute approximate surface area is 157 Å². The summed E-state index contributed by atoms with van der Waals surface area (Å²) in [4.78, 5) is 25.5. The zero-order chi connectivity index (χ0) is 17.8. The van der Waals surface area contributed by atoms with E-state index in [1.807, 2.05) is 12.2 Å². The highest BCUT2D eigenvalue weighted by Gasteiger charge is 2.38. The van der Waals surface area contributed by atoms with E-state index >= 15 is 0 Å². The third-order valence-electron chi connectivity index (χ3n) is 4.84. The summed E-state index contributed by atoms with van der Waals surface area (Å²) in [5, 5.41) is 12.7. The van der Waals surface area contributed by atoms with Crippen molar-refractivity contribution >= 4 is 39.9 Å². The fourth-order valence-electron chi connectivity index (χ4n) is 3.40. The van der Waals surface area contributed by atoms with E-state index in [-0.39, 0.29) is 17.8 Å². The molecule has 5 nitrogen and oxygen atoms in total. The van der Waals surface area contributed by atoms with Gasteiger partial charge in [0.15, 0.2) is 5.78 Å². The minimum atomic E-state index is -0.774. The number of hydrogen-bond donors (Lipinski definition) is 2. The average Bonchev–Trinajstić information content (AvgIpc) is 3.19. The van der Waals surface area contributed by atoms with E-state index in [4.69, 9.17) is 17.0 Å². The van der Waals surface area contributed by atoms with Crippen molar-refractivity contribution in [1.29, 1.82) is 0 Å². The molecule has 3 rings (SSSR count). The van der Waals surface area contributed by atoms with Gasteiger partial charge in [-0.1, -0.05) is 49.0 Å². The second-order valence-corrected chi connectivity index (χ2v) is 8.43. The monoisotopic (exact) mass is 381 g/mol. The van der Waals surface area contributed by atoms with Gasteiger partial charge < -0.3 is 15.2 Å². The summed E-state index contributed by atoms with van der Waals surface area (Å²) < 4.78 is 5.96. The Bertz CT molecular complexity index is 610. The molecular weight excluding hydrogens is 358 g/mol. The Kier molecular flexibility index (Phi) is 6.44. The summed E-state index contributed by atoms with van der Waals surface area (Å²) in [6.07, 6.45) is 10.2. The van der Waals surface area contributed by atoms with Gasteiger partial charge in [-0.2, -0.15) is 0 Å². The minimum absolute atomic E-state index is 0.119. The van der Waals surface area contributed by atoms with E-state index in [1.165, 1.54) is 11.8 Å². The second kappa shape index (κ2) is 8.58. The predicted molar refractivity (Wildman–Crippen MR) is 101 cm³/mol. The summed E-state index contributed by atoms with van der Waals surface area (Å²) >= 11 is 6.50. The molecule has 1 aliphatic carbocycles. The maximum absolute atomic E-state index is 12.5. The van der Waals surface area contributed by atoms with Crippen LogP contribution in [0.5, 0.6) is 0 Å². The van der Waals surface area contributed by atoms with Crippen molar-refractivity contribution < 1.29 is 19.4 Å². The summed E-state index contributed by atoms with van der Waals surface area (Å²) in [6, 6.07) is -0.774. The highest BCUT2D eigenvalue weighted by atomic mass is 32.2. The number of hydrogen-bond acceptors (Lipinski definition) is 6. The number of allylic oxidation sites excluding steroid dienone is 2. The fourth-order valence-corrected chi connectivity index (χ4v) is 4.70. The predicted octanol–water partition coefficient (Wildman–Crippen LogP) is 2.28. The number of thiocarbonyl (C=S) groups is 1. The number of nitrogens with one attached hydrogen (secondary N) is 1. The van der Waals surface area contributed by atoms with E-state index in [0.29, 0.717) is 21.9 Å². The molecule has 136 valence electrons. The van der Waals surface area contributed by atoms with Crippen LogP contribution in [0, 0.1) is 5.92 Å². The van der Waals surface area contributed by atoms with Crippen molar-refractivity contribution in [1.82, 2.24) is 5.32 Å². The summed E-state index contributed by atoms with van der Waals surface area (Å²) in [6.45, 7) is 0.782. The highest BCUT2D eigenvalue weighted by molar-refractivity contribution is 8.27. The van der Waals surface area contributed by atoms with Crippen LogP contribution in [0.25, 0.3) is 0 Å². The van der Waals surface area contributed by atoms with Gasteiger partial charge in [0, 0.05) is 6.61 Å². The van der Waals surface area contributed by atoms with Crippen LogP contribution in [0.3, 0.4) is 0 Å². The van der Waals surface area contributed by atoms with Gasteiger partial charge in [0.2, 0.25) is 5.91 Å². The molecule has 1 amide bonds. The molecule has 0 radical (unpaired) electrons. The van der Waals surface area contributed by atoms with Crippen LogP contribution in [0.4, 0.5) is 0 Å². The maximum Gasteiger partial charge on any atom is 0.226 e. The Morgan fingerprint density at radius 1 is 1.28 bits per heavy atom. The normalized spacial score (nSPS) is 35.0. The lowest BCUT2D eigenvalue weighted by atomic mass is 9.86. The van der Waals surface area contributed by atoms with Crippen molar-refractivity contribution in [3.05, 3.63) is 23.1 Å². The Morgan fingerprint density at radius 2 is 2.08 bits per heavy atom. The van der Waals surface area contributed by atoms with Gasteiger partial charge in [0.1, 0.15) is 6.04 Å². The van der Waals surface area contributed by atoms with Crippen LogP contribution < -0.4 is 5.32 Å². The van der Waals surface area contributed by atoms with E-state index in [2.05, 4.69) is 5.32 Å². The van der Waals surface area contributed by atoms with Crippen LogP contribution in [0.15, 0.2) is 23.1 Å². The van der Waals surface area contributed by atoms with Crippen molar-refractivity contribution in [3.63, 3.8) is 0 Å². The van der Waals surface area contributed by atoms with Crippen LogP contribution in [0.1, 0.15) is 38.5 Å². The minimum Gasteiger partial charge on any atom is -0.392 e. The summed E-state index contributed by atoms with van der Waals surface area (Å²) in [5.41, 5.74) is 0. The molecule has 2 heterocycles. The Morgan fingerprint density at radius 3 is 2.80 bits per heavy atom. The SMILES string of the molecule is O=C1/C(=C\C=C\C2CCCO2)SC(=S)C1NC(=O)C1CCCCC1O. The summed E-state index contributed by atoms with van der Waals surface area (Å²) in [5.74, 6) is -0.892. The number of ketones is 1. The third-order valence-corrected chi connectivity index (χ3v) is 6.32. The first-order chi connectivity index (χ1) is 12.1. The lowest BCUT2D eigenvalue weighted by molar-refractivity contribution is -0.132. The topological polar surface area (TPSA) is 75.6 Å². The molecule has 4 unspecified atom stereocenters. The van der Waals surface area contributed by atoms with Crippen molar-refractivity contribution in [2.24, 2.45) is 5.92 Å². The number of carbonyl (C=O) groups is 2. The first-order valence-electron chi connectivity index (χ1n) is 8.80. The van der Waals surface area contributed by atoms with E-state index in [1.54, 1.807) is 6.08 Å². The number of amides is 1. The molecule has 4 atom stereocenters. The number of thioether (sulfide) groups is 1. The van der Waals surface area contributed by atoms with Crippen molar-refractivity contribution in [2.45, 2.75) is 56.8 Å². The lowest BCUT2D eigenvalue weighted by Crippen LogP contribution is -2.47. The second-order valence-electron chi connectivity index (χ2n) is 6.65. The van der Waals surface area contributed by atoms with E-state index in [9.17, 15) is 14.7 Å². The molecule has 0 aromatic rings. The molecule has 0 bridgehead atoms. The lowest BCUT2D eigenvalue weighted by Gasteiger charge is -2.27. The average molecular weight is 382 g/mol. The Hall–Kier alpha value is -1.02. The summed E-state index contributed by atoms with van der Waals surface area (Å²) in [7, 11) is 0. The number of ether oxygens (including phenoxy) is 1. The number of Topliss-reactive ketones (excluding diaryl/α,β-unsaturated/α-hetero) is 1. The zero-order valence-electron chi connectivity index (χ0n) is 14.0. The molecule has 3 aliphatic rings. The molecule has 1 saturated carbocycles. The molecule has 0 aromatic heterocycles. The number of rotatable bonds is 4. The van der Waals surface area contributed by atoms with Gasteiger partial charge in [0.25, 0.3) is 0 Å². The Balaban J connectivity index is 1.59. The van der Waals surface area contributed by atoms with Crippen molar-refractivity contribution in [3.8, 4) is 0 Å². The third kappa shape index (κ3) is 4.58. The van der Waals surface area contributed by atoms with Gasteiger partial charge in [-0.25, -0.2) is 0 Å². The molecule has 2 aliphatic heterocycles. The van der Waals surface area contributed by atoms with Crippen LogP contribution >= 0.6 is 24.0 Å². The smallest absolute Gasteiger partial charge is 0.226 e. The number of aliphatic hydroxyl groups is 1. The maximum atomic E-state index is 12.5. The molecule has 2 saturated heterocycles. The van der Waals surface area contributed by atoms with Gasteiger partial charge in [-0.3, -0.25) is 9.59 Å². The quantitative estimate of drug-likeness (QED) is 0.575. The van der Waals surface area contributed by atoms with Gasteiger partial charge in [-0.15, -0.1) is 0 Å². The number of carbonyl (C=O) groups excluding carboxylic acids is 2. The zero-order valence-corrected chi connectivity index (χ0v) is 15.6. The molecule has 0 aromatic carbocycles. The molecule has 0 spiro atoms. The van der Waals surface area contributed by atoms with Crippen molar-refractivity contribution in [2.75, 3.05) is 6.61 Å². The van der Waals surface area contributed by atoms with Crippen LogP contribution in [-0.4, -0.2) is 45.9 Å². The van der Waals surface area contributed by atoms with Gasteiger partial charge >= 0.3 is 0 Å². The molecule has 3 fully saturated rings. The van der Waals surface area contributed by atoms with Gasteiger partial charge in [0.05, 0.1) is 27.2 Å². The number of aliphatic hydroxyl groups excluding tert-OH is 1. The first-order valence-corrected chi connectivity index (χ1v) is 10.0. The highest BCUT2D eigenvalue weighted by Crippen LogP contribution is 2.32. The van der Waals surface area contributed by atoms with E-state index < -0.39 is 18.1 Å².